The smallest absolute Gasteiger partial charge is 0.241 e. The maximum Gasteiger partial charge on any atom is 0.241 e. The molecule has 0 saturated carbocycles. The van der Waals surface area contributed by atoms with Crippen LogP contribution < -0.4 is 4.90 Å². The highest BCUT2D eigenvalue weighted by molar-refractivity contribution is 5.54. The number of rotatable bonds is 5. The Bertz CT molecular complexity index is 932. The lowest BCUT2D eigenvalue weighted by atomic mass is 10.1. The predicted molar refractivity (Wildman–Crippen MR) is 105 cm³/mol. The molecule has 28 heavy (non-hydrogen) atoms. The summed E-state index contributed by atoms with van der Waals surface area (Å²) in [5, 5.41) is 13.4. The first kappa shape index (κ1) is 18.5. The van der Waals surface area contributed by atoms with Crippen molar-refractivity contribution in [2.45, 2.75) is 27.0 Å². The van der Waals surface area contributed by atoms with Crippen LogP contribution in [0.15, 0.2) is 34.9 Å². The molecule has 1 aromatic carbocycles. The van der Waals surface area contributed by atoms with E-state index in [0.717, 1.165) is 43.3 Å². The predicted octanol–water partition coefficient (Wildman–Crippen LogP) is 1.96. The molecule has 1 aliphatic rings. The number of hydrogen-bond acceptors (Lipinski definition) is 8. The molecule has 1 fully saturated rings. The molecule has 0 spiro atoms. The van der Waals surface area contributed by atoms with Gasteiger partial charge in [0.25, 0.3) is 0 Å². The third-order valence-electron chi connectivity index (χ3n) is 4.86. The van der Waals surface area contributed by atoms with Gasteiger partial charge in [-0.25, -0.2) is 9.97 Å². The lowest BCUT2D eigenvalue weighted by Gasteiger charge is -2.34. The van der Waals surface area contributed by atoms with Crippen LogP contribution in [-0.2, 0) is 13.2 Å². The summed E-state index contributed by atoms with van der Waals surface area (Å²) in [5.74, 6) is 2.59. The van der Waals surface area contributed by atoms with E-state index in [9.17, 15) is 5.11 Å². The number of piperazine rings is 1. The van der Waals surface area contributed by atoms with Crippen molar-refractivity contribution in [1.29, 1.82) is 0 Å². The van der Waals surface area contributed by atoms with Crippen molar-refractivity contribution in [1.82, 2.24) is 25.0 Å². The van der Waals surface area contributed by atoms with Crippen LogP contribution in [0.5, 0.6) is 0 Å². The fourth-order valence-corrected chi connectivity index (χ4v) is 3.31. The standard InChI is InChI=1S/C20H24N6O2/c1-14-3-5-16(6-4-14)20-23-19(28-24-20)12-25-7-9-26(10-8-25)18-11-15(2)21-17(13-27)22-18/h3-6,11,27H,7-10,12-13H2,1-2H3. The molecule has 4 rings (SSSR count). The highest BCUT2D eigenvalue weighted by atomic mass is 16.5. The van der Waals surface area contributed by atoms with E-state index in [-0.39, 0.29) is 6.61 Å². The summed E-state index contributed by atoms with van der Waals surface area (Å²) in [4.78, 5) is 17.7. The Morgan fingerprint density at radius 2 is 1.75 bits per heavy atom. The largest absolute Gasteiger partial charge is 0.388 e. The molecule has 1 aliphatic heterocycles. The summed E-state index contributed by atoms with van der Waals surface area (Å²) in [6.45, 7) is 7.91. The molecule has 0 atom stereocenters. The van der Waals surface area contributed by atoms with Crippen molar-refractivity contribution < 1.29 is 9.63 Å². The number of benzene rings is 1. The molecule has 2 aromatic heterocycles. The highest BCUT2D eigenvalue weighted by Crippen LogP contribution is 2.19. The third kappa shape index (κ3) is 4.18. The SMILES string of the molecule is Cc1ccc(-c2noc(CN3CCN(c4cc(C)nc(CO)n4)CC3)n2)cc1. The molecule has 3 heterocycles. The maximum atomic E-state index is 9.31. The summed E-state index contributed by atoms with van der Waals surface area (Å²) in [7, 11) is 0. The Balaban J connectivity index is 1.36. The van der Waals surface area contributed by atoms with E-state index in [1.165, 1.54) is 5.56 Å². The quantitative estimate of drug-likeness (QED) is 0.718. The van der Waals surface area contributed by atoms with Gasteiger partial charge in [-0.3, -0.25) is 4.90 Å². The van der Waals surface area contributed by atoms with Crippen LogP contribution >= 0.6 is 0 Å². The molecule has 146 valence electrons. The Morgan fingerprint density at radius 3 is 2.46 bits per heavy atom. The molecule has 8 heteroatoms. The van der Waals surface area contributed by atoms with Crippen molar-refractivity contribution in [3.8, 4) is 11.4 Å². The number of aryl methyl sites for hydroxylation is 2. The number of nitrogens with zero attached hydrogens (tertiary/aromatic N) is 6. The summed E-state index contributed by atoms with van der Waals surface area (Å²) < 4.78 is 5.44. The molecule has 0 unspecified atom stereocenters. The fraction of sp³-hybridized carbons (Fsp3) is 0.400. The average Bonchev–Trinajstić information content (AvgIpc) is 3.17. The van der Waals surface area contributed by atoms with Gasteiger partial charge in [0.2, 0.25) is 11.7 Å². The van der Waals surface area contributed by atoms with Gasteiger partial charge in [-0.1, -0.05) is 35.0 Å². The fourth-order valence-electron chi connectivity index (χ4n) is 3.31. The van der Waals surface area contributed by atoms with Crippen LogP contribution in [0.1, 0.15) is 23.0 Å². The van der Waals surface area contributed by atoms with Gasteiger partial charge in [0.1, 0.15) is 12.4 Å². The zero-order chi connectivity index (χ0) is 19.5. The van der Waals surface area contributed by atoms with Crippen LogP contribution in [0, 0.1) is 13.8 Å². The Labute approximate surface area is 163 Å². The van der Waals surface area contributed by atoms with E-state index in [4.69, 9.17) is 4.52 Å². The second-order valence-corrected chi connectivity index (χ2v) is 7.08. The summed E-state index contributed by atoms with van der Waals surface area (Å²) >= 11 is 0. The van der Waals surface area contributed by atoms with Gasteiger partial charge in [-0.2, -0.15) is 4.98 Å². The molecule has 1 N–H and O–H groups in total. The average molecular weight is 380 g/mol. The summed E-state index contributed by atoms with van der Waals surface area (Å²) in [6.07, 6.45) is 0. The molecule has 0 radical (unpaired) electrons. The van der Waals surface area contributed by atoms with E-state index < -0.39 is 0 Å². The van der Waals surface area contributed by atoms with E-state index >= 15 is 0 Å². The Kier molecular flexibility index (Phi) is 5.31. The monoisotopic (exact) mass is 380 g/mol. The topological polar surface area (TPSA) is 91.4 Å². The Morgan fingerprint density at radius 1 is 1.00 bits per heavy atom. The highest BCUT2D eigenvalue weighted by Gasteiger charge is 2.21. The van der Waals surface area contributed by atoms with Crippen LogP contribution in [-0.4, -0.2) is 56.3 Å². The zero-order valence-electron chi connectivity index (χ0n) is 16.2. The van der Waals surface area contributed by atoms with Crippen molar-refractivity contribution in [3.05, 3.63) is 53.3 Å². The van der Waals surface area contributed by atoms with E-state index in [2.05, 4.69) is 36.8 Å². The van der Waals surface area contributed by atoms with Crippen molar-refractivity contribution in [3.63, 3.8) is 0 Å². The van der Waals surface area contributed by atoms with Gasteiger partial charge in [0.05, 0.1) is 6.54 Å². The number of aromatic nitrogens is 4. The van der Waals surface area contributed by atoms with Gasteiger partial charge in [-0.05, 0) is 13.8 Å². The maximum absolute atomic E-state index is 9.31. The second kappa shape index (κ2) is 8.04. The number of aliphatic hydroxyl groups excluding tert-OH is 1. The minimum absolute atomic E-state index is 0.144. The molecule has 8 nitrogen and oxygen atoms in total. The number of aliphatic hydroxyl groups is 1. The van der Waals surface area contributed by atoms with Gasteiger partial charge in [-0.15, -0.1) is 0 Å². The van der Waals surface area contributed by atoms with Crippen molar-refractivity contribution in [2.24, 2.45) is 0 Å². The first-order chi connectivity index (χ1) is 13.6. The van der Waals surface area contributed by atoms with E-state index in [1.807, 2.05) is 37.3 Å². The molecule has 0 aliphatic carbocycles. The molecular weight excluding hydrogens is 356 g/mol. The first-order valence-corrected chi connectivity index (χ1v) is 9.43. The zero-order valence-corrected chi connectivity index (χ0v) is 16.2. The van der Waals surface area contributed by atoms with Gasteiger partial charge >= 0.3 is 0 Å². The third-order valence-corrected chi connectivity index (χ3v) is 4.86. The first-order valence-electron chi connectivity index (χ1n) is 9.43. The number of anilines is 1. The van der Waals surface area contributed by atoms with Gasteiger partial charge < -0.3 is 14.5 Å². The van der Waals surface area contributed by atoms with Crippen molar-refractivity contribution >= 4 is 5.82 Å². The summed E-state index contributed by atoms with van der Waals surface area (Å²) in [6, 6.07) is 10.1. The Hall–Kier alpha value is -2.84. The van der Waals surface area contributed by atoms with Crippen LogP contribution in [0.4, 0.5) is 5.82 Å². The van der Waals surface area contributed by atoms with Gasteiger partial charge in [0.15, 0.2) is 5.82 Å². The number of hydrogen-bond donors (Lipinski definition) is 1. The van der Waals surface area contributed by atoms with Crippen LogP contribution in [0.3, 0.4) is 0 Å². The van der Waals surface area contributed by atoms with Crippen LogP contribution in [0.2, 0.25) is 0 Å². The second-order valence-electron chi connectivity index (χ2n) is 7.08. The lowest BCUT2D eigenvalue weighted by molar-refractivity contribution is 0.215. The molecule has 0 amide bonds. The molecule has 1 saturated heterocycles. The summed E-state index contributed by atoms with van der Waals surface area (Å²) in [5.41, 5.74) is 3.03. The molecular formula is C20H24N6O2. The molecule has 3 aromatic rings. The van der Waals surface area contributed by atoms with E-state index in [0.29, 0.717) is 24.1 Å². The van der Waals surface area contributed by atoms with Gasteiger partial charge in [0, 0.05) is 43.5 Å². The van der Waals surface area contributed by atoms with Crippen molar-refractivity contribution in [2.75, 3.05) is 31.1 Å². The minimum atomic E-state index is -0.144. The molecule has 0 bridgehead atoms. The minimum Gasteiger partial charge on any atom is -0.388 e. The normalized spacial score (nSPS) is 15.2. The lowest BCUT2D eigenvalue weighted by Crippen LogP contribution is -2.46. The van der Waals surface area contributed by atoms with Crippen LogP contribution in [0.25, 0.3) is 11.4 Å². The van der Waals surface area contributed by atoms with E-state index in [1.54, 1.807) is 0 Å².